The highest BCUT2D eigenvalue weighted by Gasteiger charge is 2.47. The zero-order chi connectivity index (χ0) is 27.8. The second-order valence-corrected chi connectivity index (χ2v) is 15.8. The first-order valence-electron chi connectivity index (χ1n) is 12.9. The van der Waals surface area contributed by atoms with Crippen LogP contribution in [-0.4, -0.2) is 51.1 Å². The molecule has 2 aromatic carbocycles. The maximum absolute atomic E-state index is 13.5. The monoisotopic (exact) mass is 526 g/mol. The van der Waals surface area contributed by atoms with Crippen LogP contribution in [0, 0.1) is 0 Å². The zero-order valence-corrected chi connectivity index (χ0v) is 24.5. The van der Waals surface area contributed by atoms with E-state index in [2.05, 4.69) is 46.9 Å². The molecule has 0 bridgehead atoms. The van der Waals surface area contributed by atoms with Crippen LogP contribution >= 0.6 is 0 Å². The van der Waals surface area contributed by atoms with E-state index in [9.17, 15) is 14.4 Å². The number of alkyl carbamates (subject to hydrolysis) is 1. The van der Waals surface area contributed by atoms with Crippen LogP contribution in [-0.2, 0) is 11.3 Å². The number of Topliss-reactive ketones (excluding diaryl/α,β-unsaturated/α-hetero) is 1. The summed E-state index contributed by atoms with van der Waals surface area (Å²) in [6.07, 6.45) is -0.541. The van der Waals surface area contributed by atoms with Crippen molar-refractivity contribution < 1.29 is 23.5 Å². The first kappa shape index (κ1) is 30.1. The van der Waals surface area contributed by atoms with E-state index < -0.39 is 14.4 Å². The Morgan fingerprint density at radius 2 is 1.51 bits per heavy atom. The minimum Gasteiger partial charge on any atom is -0.542 e. The van der Waals surface area contributed by atoms with Crippen LogP contribution in [0.25, 0.3) is 0 Å². The SMILES string of the molecule is CC(=O)c1ccc(C(=O)N(C)CCNC(=O)OCc2ccccc2)c(O[Si](C(C)C)(C(C)C)C(C)C)c1. The Morgan fingerprint density at radius 1 is 0.919 bits per heavy atom. The summed E-state index contributed by atoms with van der Waals surface area (Å²) in [6.45, 7) is 15.3. The lowest BCUT2D eigenvalue weighted by atomic mass is 10.1. The van der Waals surface area contributed by atoms with E-state index in [4.69, 9.17) is 9.16 Å². The number of nitrogens with one attached hydrogen (secondary N) is 1. The maximum Gasteiger partial charge on any atom is 0.407 e. The van der Waals surface area contributed by atoms with Crippen molar-refractivity contribution in [3.8, 4) is 5.75 Å². The molecule has 1 N–H and O–H groups in total. The number of ether oxygens (including phenoxy) is 1. The predicted octanol–water partition coefficient (Wildman–Crippen LogP) is 6.44. The van der Waals surface area contributed by atoms with Crippen LogP contribution in [0.15, 0.2) is 48.5 Å². The third-order valence-electron chi connectivity index (χ3n) is 6.89. The number of ketones is 1. The summed E-state index contributed by atoms with van der Waals surface area (Å²) in [4.78, 5) is 39.2. The Morgan fingerprint density at radius 3 is 2.05 bits per heavy atom. The van der Waals surface area contributed by atoms with Crippen molar-refractivity contribution >= 4 is 26.1 Å². The van der Waals surface area contributed by atoms with Crippen molar-refractivity contribution in [1.82, 2.24) is 10.2 Å². The summed E-state index contributed by atoms with van der Waals surface area (Å²) >= 11 is 0. The molecule has 8 heteroatoms. The van der Waals surface area contributed by atoms with Crippen LogP contribution in [0.5, 0.6) is 5.75 Å². The molecular weight excluding hydrogens is 484 g/mol. The summed E-state index contributed by atoms with van der Waals surface area (Å²) in [7, 11) is -0.691. The minimum absolute atomic E-state index is 0.0821. The van der Waals surface area contributed by atoms with Gasteiger partial charge in [-0.25, -0.2) is 4.79 Å². The molecule has 37 heavy (non-hydrogen) atoms. The average molecular weight is 527 g/mol. The van der Waals surface area contributed by atoms with Gasteiger partial charge in [0, 0.05) is 25.7 Å². The van der Waals surface area contributed by atoms with Gasteiger partial charge in [-0.2, -0.15) is 0 Å². The lowest BCUT2D eigenvalue weighted by Gasteiger charge is -2.42. The largest absolute Gasteiger partial charge is 0.542 e. The van der Waals surface area contributed by atoms with Crippen LogP contribution < -0.4 is 9.74 Å². The second-order valence-electron chi connectivity index (χ2n) is 10.4. The van der Waals surface area contributed by atoms with Crippen molar-refractivity contribution in [3.05, 3.63) is 65.2 Å². The van der Waals surface area contributed by atoms with Gasteiger partial charge in [0.25, 0.3) is 14.2 Å². The summed E-state index contributed by atoms with van der Waals surface area (Å²) in [6, 6.07) is 14.5. The van der Waals surface area contributed by atoms with Crippen molar-refractivity contribution in [2.24, 2.45) is 0 Å². The predicted molar refractivity (Wildman–Crippen MR) is 150 cm³/mol. The molecular formula is C29H42N2O5Si. The van der Waals surface area contributed by atoms with E-state index in [1.54, 1.807) is 25.2 Å². The summed E-state index contributed by atoms with van der Waals surface area (Å²) in [5, 5.41) is 2.69. The van der Waals surface area contributed by atoms with Gasteiger partial charge in [0.05, 0.1) is 5.56 Å². The van der Waals surface area contributed by atoms with Gasteiger partial charge in [-0.15, -0.1) is 0 Å². The van der Waals surface area contributed by atoms with E-state index in [1.165, 1.54) is 11.8 Å². The van der Waals surface area contributed by atoms with E-state index in [0.717, 1.165) is 5.56 Å². The summed E-state index contributed by atoms with van der Waals surface area (Å²) < 4.78 is 12.1. The maximum atomic E-state index is 13.5. The molecule has 0 unspecified atom stereocenters. The molecule has 0 aliphatic heterocycles. The standard InChI is InChI=1S/C29H42N2O5Si/c1-20(2)37(21(3)4,22(5)6)36-27-18-25(23(7)32)14-15-26(27)28(33)31(8)17-16-30-29(34)35-19-24-12-10-9-11-13-24/h9-15,18,20-22H,16-17,19H2,1-8H3,(H,30,34). The van der Waals surface area contributed by atoms with Crippen molar-refractivity contribution in [3.63, 3.8) is 0 Å². The number of hydrogen-bond donors (Lipinski definition) is 1. The number of benzene rings is 2. The molecule has 0 spiro atoms. The Hall–Kier alpha value is -3.13. The molecule has 2 amide bonds. The van der Waals surface area contributed by atoms with E-state index in [-0.39, 0.29) is 31.4 Å². The molecule has 7 nitrogen and oxygen atoms in total. The molecule has 0 radical (unpaired) electrons. The van der Waals surface area contributed by atoms with Gasteiger partial charge in [-0.1, -0.05) is 77.9 Å². The average Bonchev–Trinajstić information content (AvgIpc) is 2.85. The number of amides is 2. The lowest BCUT2D eigenvalue weighted by molar-refractivity contribution is 0.0789. The molecule has 0 saturated carbocycles. The summed E-state index contributed by atoms with van der Waals surface area (Å²) in [5.74, 6) is 0.146. The molecule has 0 atom stereocenters. The fourth-order valence-corrected chi connectivity index (χ4v) is 10.2. The quantitative estimate of drug-likeness (QED) is 0.254. The van der Waals surface area contributed by atoms with Gasteiger partial charge in [0.1, 0.15) is 12.4 Å². The molecule has 0 saturated heterocycles. The van der Waals surface area contributed by atoms with Crippen molar-refractivity contribution in [2.45, 2.75) is 71.7 Å². The van der Waals surface area contributed by atoms with Gasteiger partial charge in [0.15, 0.2) is 5.78 Å². The topological polar surface area (TPSA) is 84.9 Å². The molecule has 0 heterocycles. The Balaban J connectivity index is 2.16. The zero-order valence-electron chi connectivity index (χ0n) is 23.5. The molecule has 0 fully saturated rings. The molecule has 0 aliphatic carbocycles. The number of likely N-dealkylation sites (N-methyl/N-ethyl adjacent to an activating group) is 1. The molecule has 0 aromatic heterocycles. The number of carbonyl (C=O) groups excluding carboxylic acids is 3. The van der Waals surface area contributed by atoms with Gasteiger partial charge < -0.3 is 19.4 Å². The van der Waals surface area contributed by atoms with Gasteiger partial charge in [-0.3, -0.25) is 9.59 Å². The van der Waals surface area contributed by atoms with Crippen molar-refractivity contribution in [2.75, 3.05) is 20.1 Å². The third kappa shape index (κ3) is 7.68. The first-order chi connectivity index (χ1) is 17.4. The molecule has 0 aliphatic rings. The Kier molecular flexibility index (Phi) is 10.9. The lowest BCUT2D eigenvalue weighted by Crippen LogP contribution is -2.51. The molecule has 2 aromatic rings. The van der Waals surface area contributed by atoms with Crippen LogP contribution in [0.1, 0.15) is 74.7 Å². The fourth-order valence-electron chi connectivity index (χ4n) is 4.95. The van der Waals surface area contributed by atoms with Gasteiger partial charge in [0.2, 0.25) is 0 Å². The smallest absolute Gasteiger partial charge is 0.407 e. The normalized spacial score (nSPS) is 11.5. The fraction of sp³-hybridized carbons (Fsp3) is 0.483. The minimum atomic E-state index is -2.37. The Bertz CT molecular complexity index is 1050. The highest BCUT2D eigenvalue weighted by Crippen LogP contribution is 2.43. The number of rotatable bonds is 12. The van der Waals surface area contributed by atoms with Crippen LogP contribution in [0.2, 0.25) is 16.6 Å². The van der Waals surface area contributed by atoms with E-state index in [1.807, 2.05) is 30.3 Å². The van der Waals surface area contributed by atoms with E-state index in [0.29, 0.717) is 33.5 Å². The van der Waals surface area contributed by atoms with Gasteiger partial charge in [-0.05, 0) is 41.2 Å². The number of carbonyl (C=O) groups is 3. The highest BCUT2D eigenvalue weighted by molar-refractivity contribution is 6.78. The van der Waals surface area contributed by atoms with Crippen molar-refractivity contribution in [1.29, 1.82) is 0 Å². The van der Waals surface area contributed by atoms with Crippen LogP contribution in [0.3, 0.4) is 0 Å². The highest BCUT2D eigenvalue weighted by atomic mass is 28.4. The molecule has 2 rings (SSSR count). The van der Waals surface area contributed by atoms with Crippen LogP contribution in [0.4, 0.5) is 4.79 Å². The van der Waals surface area contributed by atoms with E-state index >= 15 is 0 Å². The second kappa shape index (κ2) is 13.4. The number of nitrogens with zero attached hydrogens (tertiary/aromatic N) is 1. The summed E-state index contributed by atoms with van der Waals surface area (Å²) in [5.41, 5.74) is 2.74. The number of hydrogen-bond acceptors (Lipinski definition) is 5. The Labute approximate surface area is 222 Å². The first-order valence-corrected chi connectivity index (χ1v) is 15.1. The third-order valence-corrected chi connectivity index (χ3v) is 12.9. The van der Waals surface area contributed by atoms with Gasteiger partial charge >= 0.3 is 6.09 Å². The molecule has 202 valence electrons.